The lowest BCUT2D eigenvalue weighted by Crippen LogP contribution is -2.56. The van der Waals surface area contributed by atoms with Crippen molar-refractivity contribution in [3.05, 3.63) is 83.4 Å². The first kappa shape index (κ1) is 32.3. The molecular formula is C31H41Cl2N3O3. The van der Waals surface area contributed by atoms with E-state index in [2.05, 4.69) is 35.9 Å². The summed E-state index contributed by atoms with van der Waals surface area (Å²) in [7, 11) is 0. The second-order valence-corrected chi connectivity index (χ2v) is 10.5. The van der Waals surface area contributed by atoms with Gasteiger partial charge in [-0.3, -0.25) is 9.69 Å². The second-order valence-electron chi connectivity index (χ2n) is 10.5. The molecule has 0 saturated carbocycles. The number of carbonyl (C=O) groups is 1. The molecule has 1 aliphatic rings. The molecule has 1 saturated heterocycles. The largest absolute Gasteiger partial charge is 0.508 e. The third kappa shape index (κ3) is 8.53. The lowest BCUT2D eigenvalue weighted by Gasteiger charge is -2.42. The molecule has 0 bridgehead atoms. The maximum Gasteiger partial charge on any atom is 0.251 e. The van der Waals surface area contributed by atoms with Crippen molar-refractivity contribution >= 4 is 36.4 Å². The Hall–Kier alpha value is -2.93. The molecule has 0 radical (unpaired) electrons. The summed E-state index contributed by atoms with van der Waals surface area (Å²) < 4.78 is 6.05. The fraction of sp³-hybridized carbons (Fsp3) is 0.387. The third-order valence-electron chi connectivity index (χ3n) is 7.10. The molecule has 39 heavy (non-hydrogen) atoms. The number of aryl methyl sites for hydroxylation is 2. The summed E-state index contributed by atoms with van der Waals surface area (Å²) >= 11 is 0. The summed E-state index contributed by atoms with van der Waals surface area (Å²) in [5, 5.41) is 13.1. The van der Waals surface area contributed by atoms with Gasteiger partial charge in [0.05, 0.1) is 0 Å². The van der Waals surface area contributed by atoms with E-state index in [-0.39, 0.29) is 36.8 Å². The van der Waals surface area contributed by atoms with Crippen LogP contribution < -0.4 is 15.0 Å². The third-order valence-corrected chi connectivity index (χ3v) is 7.10. The number of benzene rings is 3. The van der Waals surface area contributed by atoms with Crippen LogP contribution in [0.4, 0.5) is 5.69 Å². The molecule has 0 aromatic heterocycles. The van der Waals surface area contributed by atoms with Crippen LogP contribution in [0.25, 0.3) is 0 Å². The summed E-state index contributed by atoms with van der Waals surface area (Å²) in [6.07, 6.45) is 0. The van der Waals surface area contributed by atoms with Gasteiger partial charge >= 0.3 is 0 Å². The van der Waals surface area contributed by atoms with E-state index in [1.165, 1.54) is 0 Å². The van der Waals surface area contributed by atoms with Crippen LogP contribution in [-0.4, -0.2) is 54.2 Å². The lowest BCUT2D eigenvalue weighted by molar-refractivity contribution is 0.0903. The van der Waals surface area contributed by atoms with Crippen LogP contribution >= 0.6 is 24.8 Å². The van der Waals surface area contributed by atoms with Crippen molar-refractivity contribution in [2.75, 3.05) is 31.1 Å². The number of phenolic OH excluding ortho intramolecular Hbond substituents is 1. The van der Waals surface area contributed by atoms with E-state index in [0.717, 1.165) is 54.5 Å². The first-order chi connectivity index (χ1) is 17.7. The first-order valence-electron chi connectivity index (χ1n) is 13.1. The molecule has 4 rings (SSSR count). The van der Waals surface area contributed by atoms with Gasteiger partial charge in [0.15, 0.2) is 0 Å². The summed E-state index contributed by atoms with van der Waals surface area (Å²) in [6, 6.07) is 21.3. The monoisotopic (exact) mass is 573 g/mol. The average Bonchev–Trinajstić information content (AvgIpc) is 2.85. The van der Waals surface area contributed by atoms with Gasteiger partial charge in [-0.25, -0.2) is 0 Å². The predicted octanol–water partition coefficient (Wildman–Crippen LogP) is 6.61. The number of anilines is 1. The van der Waals surface area contributed by atoms with Gasteiger partial charge in [-0.1, -0.05) is 32.0 Å². The number of rotatable bonds is 8. The topological polar surface area (TPSA) is 65.0 Å². The maximum atomic E-state index is 13.2. The Morgan fingerprint density at radius 3 is 2.41 bits per heavy atom. The van der Waals surface area contributed by atoms with Crippen molar-refractivity contribution in [3.8, 4) is 17.2 Å². The molecule has 2 N–H and O–H groups in total. The minimum atomic E-state index is -0.0599. The van der Waals surface area contributed by atoms with Gasteiger partial charge in [0.2, 0.25) is 0 Å². The number of phenols is 1. The van der Waals surface area contributed by atoms with E-state index in [9.17, 15) is 9.90 Å². The summed E-state index contributed by atoms with van der Waals surface area (Å²) in [6.45, 7) is 14.0. The fourth-order valence-electron chi connectivity index (χ4n) is 4.92. The van der Waals surface area contributed by atoms with Crippen LogP contribution in [0.3, 0.4) is 0 Å². The van der Waals surface area contributed by atoms with Gasteiger partial charge < -0.3 is 20.1 Å². The van der Waals surface area contributed by atoms with Crippen LogP contribution in [-0.2, 0) is 0 Å². The Balaban J connectivity index is 0.00000267. The number of carbonyl (C=O) groups excluding carboxylic acids is 1. The van der Waals surface area contributed by atoms with Crippen LogP contribution in [0.1, 0.15) is 42.3 Å². The molecule has 2 atom stereocenters. The highest BCUT2D eigenvalue weighted by atomic mass is 35.5. The molecule has 1 aliphatic heterocycles. The number of nitrogens with one attached hydrogen (secondary N) is 1. The summed E-state index contributed by atoms with van der Waals surface area (Å²) in [5.41, 5.74) is 3.75. The highest BCUT2D eigenvalue weighted by Gasteiger charge is 2.27. The van der Waals surface area contributed by atoms with Crippen LogP contribution in [0.15, 0.2) is 66.7 Å². The standard InChI is InChI=1S/C31H39N3O3.2ClH/c1-21(2)29(20-33-14-15-34(24(5)19-33)26-9-7-10-27(35)18-26)32-31(36)25-12-13-30(23(4)17-25)37-28-11-6-8-22(3)16-28;;/h6-13,16-18,21,24,29,35H,14-15,19-20H2,1-5H3,(H,32,36);2*1H/t24?,29-;;/m1../s1. The molecule has 1 unspecified atom stereocenters. The van der Waals surface area contributed by atoms with E-state index < -0.39 is 0 Å². The van der Waals surface area contributed by atoms with Crippen molar-refractivity contribution in [1.82, 2.24) is 10.2 Å². The van der Waals surface area contributed by atoms with Gasteiger partial charge in [0, 0.05) is 55.6 Å². The molecule has 6 nitrogen and oxygen atoms in total. The average molecular weight is 575 g/mol. The van der Waals surface area contributed by atoms with Crippen molar-refractivity contribution < 1.29 is 14.6 Å². The molecule has 0 spiro atoms. The van der Waals surface area contributed by atoms with Gasteiger partial charge in [0.25, 0.3) is 5.91 Å². The Bertz CT molecular complexity index is 1240. The fourth-order valence-corrected chi connectivity index (χ4v) is 4.92. The summed E-state index contributed by atoms with van der Waals surface area (Å²) in [4.78, 5) is 18.0. The summed E-state index contributed by atoms with van der Waals surface area (Å²) in [5.74, 6) is 2.07. The highest BCUT2D eigenvalue weighted by molar-refractivity contribution is 5.94. The molecule has 212 valence electrons. The Morgan fingerprint density at radius 1 is 1.03 bits per heavy atom. The molecule has 8 heteroatoms. The molecular weight excluding hydrogens is 533 g/mol. The number of amides is 1. The number of aromatic hydroxyl groups is 1. The number of hydrogen-bond acceptors (Lipinski definition) is 5. The van der Waals surface area contributed by atoms with Crippen LogP contribution in [0.2, 0.25) is 0 Å². The molecule has 1 heterocycles. The molecule has 3 aromatic rings. The normalized spacial score (nSPS) is 16.2. The van der Waals surface area contributed by atoms with Crippen molar-refractivity contribution in [3.63, 3.8) is 0 Å². The smallest absolute Gasteiger partial charge is 0.251 e. The Morgan fingerprint density at radius 2 is 1.77 bits per heavy atom. The zero-order valence-corrected chi connectivity index (χ0v) is 25.0. The van der Waals surface area contributed by atoms with E-state index in [1.807, 2.05) is 74.5 Å². The lowest BCUT2D eigenvalue weighted by atomic mass is 10.0. The number of hydrogen-bond donors (Lipinski definition) is 2. The van der Waals surface area contributed by atoms with Gasteiger partial charge in [-0.2, -0.15) is 0 Å². The number of halogens is 2. The Labute approximate surface area is 245 Å². The van der Waals surface area contributed by atoms with Crippen LogP contribution in [0.5, 0.6) is 17.2 Å². The van der Waals surface area contributed by atoms with E-state index in [1.54, 1.807) is 6.07 Å². The number of piperazine rings is 1. The van der Waals surface area contributed by atoms with E-state index in [4.69, 9.17) is 4.74 Å². The predicted molar refractivity (Wildman–Crippen MR) is 164 cm³/mol. The van der Waals surface area contributed by atoms with Crippen molar-refractivity contribution in [2.45, 2.75) is 46.7 Å². The first-order valence-corrected chi connectivity index (χ1v) is 13.1. The zero-order valence-electron chi connectivity index (χ0n) is 23.4. The minimum Gasteiger partial charge on any atom is -0.508 e. The second kappa shape index (κ2) is 14.5. The van der Waals surface area contributed by atoms with Crippen molar-refractivity contribution in [2.24, 2.45) is 5.92 Å². The van der Waals surface area contributed by atoms with E-state index in [0.29, 0.717) is 23.3 Å². The SMILES string of the molecule is Cc1cccc(Oc2ccc(C(=O)N[C@H](CN3CCN(c4cccc(O)c4)C(C)C3)C(C)C)cc2C)c1.Cl.Cl. The van der Waals surface area contributed by atoms with Crippen molar-refractivity contribution in [1.29, 1.82) is 0 Å². The zero-order chi connectivity index (χ0) is 26.5. The maximum absolute atomic E-state index is 13.2. The van der Waals surface area contributed by atoms with Gasteiger partial charge in [0.1, 0.15) is 17.2 Å². The molecule has 0 aliphatic carbocycles. The quantitative estimate of drug-likeness (QED) is 0.317. The Kier molecular flexibility index (Phi) is 12.0. The van der Waals surface area contributed by atoms with Crippen LogP contribution in [0, 0.1) is 19.8 Å². The van der Waals surface area contributed by atoms with Gasteiger partial charge in [-0.15, -0.1) is 24.8 Å². The highest BCUT2D eigenvalue weighted by Crippen LogP contribution is 2.27. The number of nitrogens with zero attached hydrogens (tertiary/aromatic N) is 2. The molecule has 1 amide bonds. The number of ether oxygens (including phenoxy) is 1. The molecule has 1 fully saturated rings. The molecule has 3 aromatic carbocycles. The van der Waals surface area contributed by atoms with Gasteiger partial charge in [-0.05, 0) is 80.3 Å². The van der Waals surface area contributed by atoms with E-state index >= 15 is 0 Å². The minimum absolute atomic E-state index is 0.